The van der Waals surface area contributed by atoms with E-state index in [4.69, 9.17) is 0 Å². The fourth-order valence-corrected chi connectivity index (χ4v) is 3.41. The molecule has 0 fully saturated rings. The molecule has 0 aromatic heterocycles. The van der Waals surface area contributed by atoms with Crippen molar-refractivity contribution in [3.8, 4) is 0 Å². The van der Waals surface area contributed by atoms with Crippen LogP contribution in [0.5, 0.6) is 0 Å². The molecule has 0 aliphatic heterocycles. The molecular formula is C16H24FNOS2. The van der Waals surface area contributed by atoms with Crippen LogP contribution in [0.1, 0.15) is 26.7 Å². The second kappa shape index (κ2) is 11.0. The van der Waals surface area contributed by atoms with Gasteiger partial charge in [0.05, 0.1) is 0 Å². The van der Waals surface area contributed by atoms with Gasteiger partial charge in [-0.1, -0.05) is 13.8 Å². The summed E-state index contributed by atoms with van der Waals surface area (Å²) in [6.45, 7) is 5.08. The molecule has 0 heterocycles. The number of rotatable bonds is 10. The van der Waals surface area contributed by atoms with Crippen molar-refractivity contribution in [1.82, 2.24) is 5.32 Å². The fourth-order valence-electron chi connectivity index (χ4n) is 1.59. The molecule has 1 aromatic carbocycles. The molecule has 1 rings (SSSR count). The van der Waals surface area contributed by atoms with Crippen LogP contribution in [0.2, 0.25) is 0 Å². The lowest BCUT2D eigenvalue weighted by atomic mass is 10.3. The molecule has 0 bridgehead atoms. The van der Waals surface area contributed by atoms with Crippen LogP contribution >= 0.6 is 23.5 Å². The first-order valence-corrected chi connectivity index (χ1v) is 9.44. The summed E-state index contributed by atoms with van der Waals surface area (Å²) in [5.41, 5.74) is 0. The first kappa shape index (κ1) is 18.4. The van der Waals surface area contributed by atoms with Crippen LogP contribution in [0, 0.1) is 11.7 Å². The van der Waals surface area contributed by atoms with Gasteiger partial charge < -0.3 is 5.32 Å². The number of nitrogens with one attached hydrogen (secondary N) is 1. The molecular weight excluding hydrogens is 305 g/mol. The second-order valence-electron chi connectivity index (χ2n) is 5.22. The molecule has 0 aliphatic carbocycles. The molecule has 0 spiro atoms. The molecule has 1 N–H and O–H groups in total. The smallest absolute Gasteiger partial charge is 0.220 e. The van der Waals surface area contributed by atoms with Gasteiger partial charge in [-0.25, -0.2) is 4.39 Å². The number of benzene rings is 1. The minimum absolute atomic E-state index is 0.137. The average Bonchev–Trinajstić information content (AvgIpc) is 2.45. The highest BCUT2D eigenvalue weighted by Gasteiger charge is 2.02. The lowest BCUT2D eigenvalue weighted by molar-refractivity contribution is -0.120. The Balaban J connectivity index is 1.98. The van der Waals surface area contributed by atoms with Crippen molar-refractivity contribution in [3.05, 3.63) is 30.1 Å². The van der Waals surface area contributed by atoms with E-state index in [1.54, 1.807) is 23.9 Å². The summed E-state index contributed by atoms with van der Waals surface area (Å²) in [6.07, 6.45) is 1.52. The Hall–Kier alpha value is -0.680. The number of carbonyl (C=O) groups excluding carboxylic acids is 1. The van der Waals surface area contributed by atoms with Crippen LogP contribution in [0.3, 0.4) is 0 Å². The molecule has 0 atom stereocenters. The van der Waals surface area contributed by atoms with Crippen LogP contribution in [0.15, 0.2) is 29.2 Å². The van der Waals surface area contributed by atoms with Crippen LogP contribution in [-0.2, 0) is 4.79 Å². The SMILES string of the molecule is CC(C)CSCCC(=O)NCCCSc1ccc(F)cc1. The summed E-state index contributed by atoms with van der Waals surface area (Å²) in [6, 6.07) is 6.51. The Morgan fingerprint density at radius 2 is 1.95 bits per heavy atom. The summed E-state index contributed by atoms with van der Waals surface area (Å²) < 4.78 is 12.7. The Bertz CT molecular complexity index is 409. The number of amides is 1. The zero-order chi connectivity index (χ0) is 15.5. The molecule has 0 aliphatic rings. The van der Waals surface area contributed by atoms with E-state index in [2.05, 4.69) is 19.2 Å². The predicted molar refractivity (Wildman–Crippen MR) is 91.5 cm³/mol. The molecule has 118 valence electrons. The zero-order valence-electron chi connectivity index (χ0n) is 12.7. The normalized spacial score (nSPS) is 10.9. The van der Waals surface area contributed by atoms with Gasteiger partial charge in [0.15, 0.2) is 0 Å². The minimum Gasteiger partial charge on any atom is -0.356 e. The molecule has 0 radical (unpaired) electrons. The van der Waals surface area contributed by atoms with Crippen molar-refractivity contribution in [2.45, 2.75) is 31.6 Å². The summed E-state index contributed by atoms with van der Waals surface area (Å²) in [4.78, 5) is 12.6. The molecule has 1 amide bonds. The van der Waals surface area contributed by atoms with E-state index in [1.165, 1.54) is 12.1 Å². The van der Waals surface area contributed by atoms with E-state index >= 15 is 0 Å². The monoisotopic (exact) mass is 329 g/mol. The van der Waals surface area contributed by atoms with Gasteiger partial charge >= 0.3 is 0 Å². The maximum Gasteiger partial charge on any atom is 0.220 e. The lowest BCUT2D eigenvalue weighted by Gasteiger charge is -2.06. The van der Waals surface area contributed by atoms with Gasteiger partial charge in [-0.15, -0.1) is 11.8 Å². The molecule has 2 nitrogen and oxygen atoms in total. The van der Waals surface area contributed by atoms with Crippen molar-refractivity contribution in [2.75, 3.05) is 23.8 Å². The topological polar surface area (TPSA) is 29.1 Å². The zero-order valence-corrected chi connectivity index (χ0v) is 14.4. The van der Waals surface area contributed by atoms with Crippen molar-refractivity contribution >= 4 is 29.4 Å². The average molecular weight is 330 g/mol. The third kappa shape index (κ3) is 9.80. The molecule has 21 heavy (non-hydrogen) atoms. The largest absolute Gasteiger partial charge is 0.356 e. The third-order valence-electron chi connectivity index (χ3n) is 2.65. The van der Waals surface area contributed by atoms with Gasteiger partial charge in [0.2, 0.25) is 5.91 Å². The number of carbonyl (C=O) groups is 1. The van der Waals surface area contributed by atoms with Crippen LogP contribution in [0.25, 0.3) is 0 Å². The van der Waals surface area contributed by atoms with Crippen molar-refractivity contribution in [2.24, 2.45) is 5.92 Å². The van der Waals surface area contributed by atoms with E-state index < -0.39 is 0 Å². The lowest BCUT2D eigenvalue weighted by Crippen LogP contribution is -2.25. The molecule has 0 unspecified atom stereocenters. The van der Waals surface area contributed by atoms with E-state index in [0.29, 0.717) is 18.9 Å². The van der Waals surface area contributed by atoms with E-state index in [9.17, 15) is 9.18 Å². The number of hydrogen-bond acceptors (Lipinski definition) is 3. The van der Waals surface area contributed by atoms with Crippen LogP contribution < -0.4 is 5.32 Å². The van der Waals surface area contributed by atoms with Crippen LogP contribution in [0.4, 0.5) is 4.39 Å². The maximum absolute atomic E-state index is 12.7. The van der Waals surface area contributed by atoms with E-state index in [0.717, 1.165) is 28.6 Å². The van der Waals surface area contributed by atoms with Crippen molar-refractivity contribution < 1.29 is 9.18 Å². The molecule has 1 aromatic rings. The quantitative estimate of drug-likeness (QED) is 0.515. The maximum atomic E-state index is 12.7. The Kier molecular flexibility index (Phi) is 9.59. The van der Waals surface area contributed by atoms with Gasteiger partial charge in [-0.3, -0.25) is 4.79 Å². The summed E-state index contributed by atoms with van der Waals surface area (Å²) in [7, 11) is 0. The first-order valence-electron chi connectivity index (χ1n) is 7.30. The number of halogens is 1. The third-order valence-corrected chi connectivity index (χ3v) is 5.14. The summed E-state index contributed by atoms with van der Waals surface area (Å²) >= 11 is 3.52. The fraction of sp³-hybridized carbons (Fsp3) is 0.562. The second-order valence-corrected chi connectivity index (χ2v) is 7.54. The Labute approximate surface area is 135 Å². The Morgan fingerprint density at radius 3 is 2.62 bits per heavy atom. The van der Waals surface area contributed by atoms with Gasteiger partial charge in [0.1, 0.15) is 5.82 Å². The number of hydrogen-bond donors (Lipinski definition) is 1. The van der Waals surface area contributed by atoms with Crippen molar-refractivity contribution in [1.29, 1.82) is 0 Å². The minimum atomic E-state index is -0.207. The van der Waals surface area contributed by atoms with Gasteiger partial charge in [-0.2, -0.15) is 11.8 Å². The summed E-state index contributed by atoms with van der Waals surface area (Å²) in [5.74, 6) is 3.55. The van der Waals surface area contributed by atoms with E-state index in [-0.39, 0.29) is 11.7 Å². The number of thioether (sulfide) groups is 2. The Morgan fingerprint density at radius 1 is 1.24 bits per heavy atom. The van der Waals surface area contributed by atoms with Crippen LogP contribution in [-0.4, -0.2) is 29.7 Å². The molecule has 0 saturated carbocycles. The highest BCUT2D eigenvalue weighted by Crippen LogP contribution is 2.18. The van der Waals surface area contributed by atoms with E-state index in [1.807, 2.05) is 11.8 Å². The standard InChI is InChI=1S/C16H24FNOS2/c1-13(2)12-20-11-8-16(19)18-9-3-10-21-15-6-4-14(17)5-7-15/h4-7,13H,3,8-12H2,1-2H3,(H,18,19). The highest BCUT2D eigenvalue weighted by molar-refractivity contribution is 7.99. The first-order chi connectivity index (χ1) is 10.1. The summed E-state index contributed by atoms with van der Waals surface area (Å²) in [5, 5.41) is 2.94. The van der Waals surface area contributed by atoms with Gasteiger partial charge in [0.25, 0.3) is 0 Å². The molecule has 5 heteroatoms. The van der Waals surface area contributed by atoms with Crippen molar-refractivity contribution in [3.63, 3.8) is 0 Å². The predicted octanol–water partition coefficient (Wildman–Crippen LogP) is 4.20. The van der Waals surface area contributed by atoms with Gasteiger partial charge in [0, 0.05) is 23.6 Å². The highest BCUT2D eigenvalue weighted by atomic mass is 32.2. The molecule has 0 saturated heterocycles. The van der Waals surface area contributed by atoms with Gasteiger partial charge in [-0.05, 0) is 48.1 Å².